The first-order valence-corrected chi connectivity index (χ1v) is 9.37. The molecule has 25 heavy (non-hydrogen) atoms. The van der Waals surface area contributed by atoms with Gasteiger partial charge in [0.05, 0.1) is 12.6 Å². The Kier molecular flexibility index (Phi) is 4.83. The molecule has 1 saturated heterocycles. The monoisotopic (exact) mass is 338 g/mol. The van der Waals surface area contributed by atoms with Crippen molar-refractivity contribution in [3.8, 4) is 0 Å². The molecular weight excluding hydrogens is 312 g/mol. The van der Waals surface area contributed by atoms with Crippen LogP contribution in [0.1, 0.15) is 43.2 Å². The summed E-state index contributed by atoms with van der Waals surface area (Å²) < 4.78 is 1.91. The van der Waals surface area contributed by atoms with E-state index < -0.39 is 0 Å². The highest BCUT2D eigenvalue weighted by molar-refractivity contribution is 5.82. The number of fused-ring (bicyclic) bond motifs is 1. The third-order valence-corrected chi connectivity index (χ3v) is 5.64. The zero-order chi connectivity index (χ0) is 17.1. The molecule has 1 aromatic heterocycles. The minimum absolute atomic E-state index is 0.0219. The van der Waals surface area contributed by atoms with Gasteiger partial charge in [-0.05, 0) is 42.4 Å². The summed E-state index contributed by atoms with van der Waals surface area (Å²) >= 11 is 0. The predicted molar refractivity (Wildman–Crippen MR) is 96.9 cm³/mol. The number of aromatic nitrogens is 2. The van der Waals surface area contributed by atoms with Crippen molar-refractivity contribution in [1.29, 1.82) is 0 Å². The second kappa shape index (κ2) is 7.40. The number of hydrogen-bond donors (Lipinski definition) is 2. The van der Waals surface area contributed by atoms with Gasteiger partial charge in [-0.25, -0.2) is 0 Å². The second-order valence-corrected chi connectivity index (χ2v) is 7.30. The molecule has 5 nitrogen and oxygen atoms in total. The molecule has 2 aromatic rings. The van der Waals surface area contributed by atoms with Crippen LogP contribution < -0.4 is 10.6 Å². The smallest absolute Gasteiger partial charge is 0.237 e. The number of carbonyl (C=O) groups excluding carboxylic acids is 1. The van der Waals surface area contributed by atoms with Crippen molar-refractivity contribution in [3.05, 3.63) is 53.9 Å². The van der Waals surface area contributed by atoms with Crippen LogP contribution in [0, 0.1) is 5.92 Å². The fraction of sp³-hybridized carbons (Fsp3) is 0.500. The minimum Gasteiger partial charge on any atom is -0.351 e. The molecule has 2 fully saturated rings. The summed E-state index contributed by atoms with van der Waals surface area (Å²) in [6, 6.07) is 10.7. The first-order valence-electron chi connectivity index (χ1n) is 9.37. The third kappa shape index (κ3) is 3.76. The van der Waals surface area contributed by atoms with E-state index in [-0.39, 0.29) is 11.9 Å². The Labute approximate surface area is 148 Å². The molecule has 132 valence electrons. The molecule has 5 heteroatoms. The Hall–Kier alpha value is -2.14. The van der Waals surface area contributed by atoms with Crippen molar-refractivity contribution in [2.24, 2.45) is 5.92 Å². The lowest BCUT2D eigenvalue weighted by Crippen LogP contribution is -2.43. The van der Waals surface area contributed by atoms with Crippen LogP contribution in [0.15, 0.2) is 42.7 Å². The topological polar surface area (TPSA) is 59.0 Å². The molecule has 0 spiro atoms. The van der Waals surface area contributed by atoms with E-state index in [0.717, 1.165) is 18.5 Å². The number of rotatable bonds is 5. The van der Waals surface area contributed by atoms with Gasteiger partial charge in [0.2, 0.25) is 5.91 Å². The summed E-state index contributed by atoms with van der Waals surface area (Å²) in [7, 11) is 0. The highest BCUT2D eigenvalue weighted by Crippen LogP contribution is 2.33. The first-order chi connectivity index (χ1) is 12.3. The van der Waals surface area contributed by atoms with Crippen molar-refractivity contribution in [1.82, 2.24) is 20.4 Å². The van der Waals surface area contributed by atoms with Gasteiger partial charge < -0.3 is 10.6 Å². The standard InChI is InChI=1S/C20H26N4O/c25-20(19-12-15-6-3-4-9-18(15)23-19)21-13-16-7-1-2-8-17(16)14-24-11-5-10-22-24/h1-2,5,7-8,10-11,15,18-19,23H,3-4,6,9,12-14H2,(H,21,25). The lowest BCUT2D eigenvalue weighted by molar-refractivity contribution is -0.123. The summed E-state index contributed by atoms with van der Waals surface area (Å²) in [6.07, 6.45) is 9.84. The molecular formula is C20H26N4O. The van der Waals surface area contributed by atoms with E-state index >= 15 is 0 Å². The van der Waals surface area contributed by atoms with Gasteiger partial charge in [0.25, 0.3) is 0 Å². The van der Waals surface area contributed by atoms with Crippen molar-refractivity contribution in [2.45, 2.75) is 57.3 Å². The molecule has 1 aromatic carbocycles. The van der Waals surface area contributed by atoms with E-state index in [2.05, 4.69) is 27.9 Å². The molecule has 1 aliphatic carbocycles. The molecule has 1 aliphatic heterocycles. The van der Waals surface area contributed by atoms with Crippen LogP contribution in [0.3, 0.4) is 0 Å². The third-order valence-electron chi connectivity index (χ3n) is 5.64. The van der Waals surface area contributed by atoms with Gasteiger partial charge in [0.15, 0.2) is 0 Å². The van der Waals surface area contributed by atoms with Gasteiger partial charge in [0, 0.05) is 25.0 Å². The lowest BCUT2D eigenvalue weighted by atomic mass is 9.85. The van der Waals surface area contributed by atoms with Crippen LogP contribution in [-0.4, -0.2) is 27.8 Å². The fourth-order valence-electron chi connectivity index (χ4n) is 4.28. The van der Waals surface area contributed by atoms with E-state index in [9.17, 15) is 4.79 Å². The molecule has 4 rings (SSSR count). The predicted octanol–water partition coefficient (Wildman–Crippen LogP) is 2.47. The number of nitrogens with one attached hydrogen (secondary N) is 2. The highest BCUT2D eigenvalue weighted by atomic mass is 16.2. The van der Waals surface area contributed by atoms with Crippen LogP contribution in [0.2, 0.25) is 0 Å². The molecule has 1 saturated carbocycles. The second-order valence-electron chi connectivity index (χ2n) is 7.30. The Bertz CT molecular complexity index is 698. The summed E-state index contributed by atoms with van der Waals surface area (Å²) in [5.74, 6) is 0.833. The summed E-state index contributed by atoms with van der Waals surface area (Å²) in [6.45, 7) is 1.30. The Morgan fingerprint density at radius 2 is 2.04 bits per heavy atom. The van der Waals surface area contributed by atoms with E-state index in [1.807, 2.05) is 29.1 Å². The van der Waals surface area contributed by atoms with Gasteiger partial charge in [-0.2, -0.15) is 5.10 Å². The van der Waals surface area contributed by atoms with E-state index in [1.54, 1.807) is 6.20 Å². The van der Waals surface area contributed by atoms with E-state index in [4.69, 9.17) is 0 Å². The highest BCUT2D eigenvalue weighted by Gasteiger charge is 2.37. The summed E-state index contributed by atoms with van der Waals surface area (Å²) in [5.41, 5.74) is 2.35. The average molecular weight is 338 g/mol. The minimum atomic E-state index is -0.0219. The van der Waals surface area contributed by atoms with Gasteiger partial charge in [-0.1, -0.05) is 37.1 Å². The van der Waals surface area contributed by atoms with Crippen LogP contribution in [0.5, 0.6) is 0 Å². The maximum absolute atomic E-state index is 12.6. The molecule has 0 radical (unpaired) electrons. The van der Waals surface area contributed by atoms with Crippen LogP contribution in [-0.2, 0) is 17.9 Å². The Morgan fingerprint density at radius 3 is 2.84 bits per heavy atom. The van der Waals surface area contributed by atoms with E-state index in [0.29, 0.717) is 18.5 Å². The molecule has 1 amide bonds. The molecule has 3 unspecified atom stereocenters. The summed E-state index contributed by atoms with van der Waals surface area (Å²) in [5, 5.41) is 11.0. The van der Waals surface area contributed by atoms with Crippen molar-refractivity contribution >= 4 is 5.91 Å². The zero-order valence-electron chi connectivity index (χ0n) is 14.5. The van der Waals surface area contributed by atoms with Gasteiger partial charge >= 0.3 is 0 Å². The Morgan fingerprint density at radius 1 is 1.20 bits per heavy atom. The summed E-state index contributed by atoms with van der Waals surface area (Å²) in [4.78, 5) is 12.6. The number of hydrogen-bond acceptors (Lipinski definition) is 3. The SMILES string of the molecule is O=C(NCc1ccccc1Cn1cccn1)C1CC2CCCCC2N1. The average Bonchev–Trinajstić information content (AvgIpc) is 3.30. The maximum Gasteiger partial charge on any atom is 0.237 e. The van der Waals surface area contributed by atoms with Crippen LogP contribution in [0.25, 0.3) is 0 Å². The van der Waals surface area contributed by atoms with Crippen LogP contribution in [0.4, 0.5) is 0 Å². The molecule has 2 aliphatic rings. The quantitative estimate of drug-likeness (QED) is 0.880. The molecule has 2 N–H and O–H groups in total. The zero-order valence-corrected chi connectivity index (χ0v) is 14.5. The number of benzene rings is 1. The first kappa shape index (κ1) is 16.3. The number of nitrogens with zero attached hydrogens (tertiary/aromatic N) is 2. The van der Waals surface area contributed by atoms with Gasteiger partial charge in [-0.3, -0.25) is 9.48 Å². The van der Waals surface area contributed by atoms with Crippen LogP contribution >= 0.6 is 0 Å². The molecule has 0 bridgehead atoms. The van der Waals surface area contributed by atoms with Crippen molar-refractivity contribution in [3.63, 3.8) is 0 Å². The van der Waals surface area contributed by atoms with Crippen molar-refractivity contribution < 1.29 is 4.79 Å². The maximum atomic E-state index is 12.6. The Balaban J connectivity index is 1.36. The lowest BCUT2D eigenvalue weighted by Gasteiger charge is -2.24. The molecule has 3 atom stereocenters. The van der Waals surface area contributed by atoms with Crippen molar-refractivity contribution in [2.75, 3.05) is 0 Å². The number of amides is 1. The fourth-order valence-corrected chi connectivity index (χ4v) is 4.28. The largest absolute Gasteiger partial charge is 0.351 e. The van der Waals surface area contributed by atoms with Gasteiger partial charge in [-0.15, -0.1) is 0 Å². The van der Waals surface area contributed by atoms with Gasteiger partial charge in [0.1, 0.15) is 0 Å². The number of carbonyl (C=O) groups is 1. The van der Waals surface area contributed by atoms with E-state index in [1.165, 1.54) is 31.2 Å². The molecule has 2 heterocycles. The normalized spacial score (nSPS) is 25.5.